The lowest BCUT2D eigenvalue weighted by Gasteiger charge is -2.23. The molecule has 1 fully saturated rings. The Morgan fingerprint density at radius 3 is 2.94 bits per heavy atom. The molecule has 32 heavy (non-hydrogen) atoms. The number of nitrogens with one attached hydrogen (secondary N) is 1. The Morgan fingerprint density at radius 2 is 2.22 bits per heavy atom. The number of hydrogen-bond acceptors (Lipinski definition) is 6. The van der Waals surface area contributed by atoms with Crippen LogP contribution in [0.5, 0.6) is 0 Å². The summed E-state index contributed by atoms with van der Waals surface area (Å²) in [6.07, 6.45) is 7.86. The van der Waals surface area contributed by atoms with Crippen LogP contribution in [0.3, 0.4) is 0 Å². The molecule has 1 saturated heterocycles. The van der Waals surface area contributed by atoms with Gasteiger partial charge in [0, 0.05) is 36.3 Å². The number of pyridine rings is 1. The summed E-state index contributed by atoms with van der Waals surface area (Å²) in [5, 5.41) is 21.9. The second-order valence-corrected chi connectivity index (χ2v) is 7.73. The molecule has 1 aliphatic rings. The number of aryl methyl sites for hydroxylation is 1. The summed E-state index contributed by atoms with van der Waals surface area (Å²) in [5.41, 5.74) is 2.87. The molecular formula is C23H21N7O2. The smallest absolute Gasteiger partial charge is 0.274 e. The molecule has 0 spiro atoms. The third-order valence-electron chi connectivity index (χ3n) is 5.52. The number of anilines is 1. The Balaban J connectivity index is 1.52. The number of ether oxygens (including phenoxy) is 1. The van der Waals surface area contributed by atoms with E-state index in [1.54, 1.807) is 23.9 Å². The quantitative estimate of drug-likeness (QED) is 0.531. The van der Waals surface area contributed by atoms with Crippen LogP contribution in [-0.2, 0) is 4.74 Å². The molecule has 1 amide bonds. The van der Waals surface area contributed by atoms with Gasteiger partial charge in [0.2, 0.25) is 0 Å². The summed E-state index contributed by atoms with van der Waals surface area (Å²) >= 11 is 0. The van der Waals surface area contributed by atoms with Gasteiger partial charge in [-0.1, -0.05) is 0 Å². The molecule has 4 heterocycles. The van der Waals surface area contributed by atoms with Gasteiger partial charge in [0.05, 0.1) is 11.1 Å². The largest absolute Gasteiger partial charge is 0.356 e. The van der Waals surface area contributed by atoms with E-state index in [1.165, 1.54) is 6.20 Å². The first-order valence-corrected chi connectivity index (χ1v) is 10.5. The van der Waals surface area contributed by atoms with E-state index >= 15 is 0 Å². The third-order valence-corrected chi connectivity index (χ3v) is 5.52. The number of fused-ring (bicyclic) bond motifs is 1. The molecule has 0 aliphatic carbocycles. The third kappa shape index (κ3) is 3.61. The van der Waals surface area contributed by atoms with Crippen molar-refractivity contribution >= 4 is 22.5 Å². The van der Waals surface area contributed by atoms with Gasteiger partial charge in [0.15, 0.2) is 12.0 Å². The summed E-state index contributed by atoms with van der Waals surface area (Å²) in [5.74, 6) is 0.331. The Kier molecular flexibility index (Phi) is 5.13. The van der Waals surface area contributed by atoms with E-state index in [0.717, 1.165) is 30.2 Å². The topological polar surface area (TPSA) is 111 Å². The van der Waals surface area contributed by atoms with Gasteiger partial charge in [-0.05, 0) is 62.1 Å². The van der Waals surface area contributed by atoms with Gasteiger partial charge in [-0.25, -0.2) is 14.3 Å². The van der Waals surface area contributed by atoms with Crippen LogP contribution in [-0.4, -0.2) is 37.1 Å². The highest BCUT2D eigenvalue weighted by Crippen LogP contribution is 2.31. The number of aromatic nitrogens is 5. The van der Waals surface area contributed by atoms with E-state index in [1.807, 2.05) is 41.2 Å². The molecule has 160 valence electrons. The minimum atomic E-state index is -0.338. The molecule has 3 aromatic heterocycles. The van der Waals surface area contributed by atoms with Crippen molar-refractivity contribution in [2.24, 2.45) is 0 Å². The van der Waals surface area contributed by atoms with Crippen molar-refractivity contribution in [2.45, 2.75) is 32.4 Å². The molecule has 4 aromatic rings. The van der Waals surface area contributed by atoms with Crippen LogP contribution in [0.2, 0.25) is 0 Å². The molecule has 5 rings (SSSR count). The fourth-order valence-electron chi connectivity index (χ4n) is 3.97. The van der Waals surface area contributed by atoms with Crippen molar-refractivity contribution in [3.8, 4) is 11.9 Å². The first kappa shape index (κ1) is 19.9. The van der Waals surface area contributed by atoms with Gasteiger partial charge >= 0.3 is 0 Å². The van der Waals surface area contributed by atoms with E-state index in [2.05, 4.69) is 15.4 Å². The van der Waals surface area contributed by atoms with Crippen LogP contribution in [0, 0.1) is 18.3 Å². The number of carbonyl (C=O) groups excluding carboxylic acids is 1. The SMILES string of the molecule is Cc1cc(C#N)cnc1C(=O)Nc1ccc2c(c1)c(-n1cccn1)nn2C1CCCCO1. The van der Waals surface area contributed by atoms with Crippen LogP contribution in [0.25, 0.3) is 16.7 Å². The summed E-state index contributed by atoms with van der Waals surface area (Å²) < 4.78 is 9.57. The Hall–Kier alpha value is -4.03. The maximum atomic E-state index is 12.8. The highest BCUT2D eigenvalue weighted by molar-refractivity contribution is 6.05. The van der Waals surface area contributed by atoms with E-state index in [4.69, 9.17) is 15.1 Å². The number of rotatable bonds is 4. The fraction of sp³-hybridized carbons (Fsp3) is 0.261. The Morgan fingerprint density at radius 1 is 1.31 bits per heavy atom. The average Bonchev–Trinajstić information content (AvgIpc) is 3.47. The van der Waals surface area contributed by atoms with Crippen LogP contribution in [0.15, 0.2) is 48.9 Å². The minimum Gasteiger partial charge on any atom is -0.356 e. The summed E-state index contributed by atoms with van der Waals surface area (Å²) in [6, 6.07) is 11.2. The predicted molar refractivity (Wildman–Crippen MR) is 117 cm³/mol. The average molecular weight is 427 g/mol. The lowest BCUT2D eigenvalue weighted by molar-refractivity contribution is -0.0367. The van der Waals surface area contributed by atoms with Gasteiger partial charge in [-0.3, -0.25) is 4.79 Å². The second kappa shape index (κ2) is 8.24. The Bertz CT molecular complexity index is 1330. The number of benzene rings is 1. The van der Waals surface area contributed by atoms with Crippen molar-refractivity contribution in [2.75, 3.05) is 11.9 Å². The van der Waals surface area contributed by atoms with Crippen molar-refractivity contribution < 1.29 is 9.53 Å². The van der Waals surface area contributed by atoms with Crippen molar-refractivity contribution in [1.82, 2.24) is 24.5 Å². The molecule has 0 bridgehead atoms. The molecule has 1 unspecified atom stereocenters. The zero-order chi connectivity index (χ0) is 22.1. The van der Waals surface area contributed by atoms with Gasteiger partial charge in [0.1, 0.15) is 11.8 Å². The maximum absolute atomic E-state index is 12.8. The summed E-state index contributed by atoms with van der Waals surface area (Å²) in [7, 11) is 0. The highest BCUT2D eigenvalue weighted by Gasteiger charge is 2.22. The molecule has 1 aliphatic heterocycles. The van der Waals surface area contributed by atoms with E-state index in [-0.39, 0.29) is 17.8 Å². The molecule has 0 saturated carbocycles. The molecule has 1 aromatic carbocycles. The number of hydrogen-bond donors (Lipinski definition) is 1. The molecule has 0 radical (unpaired) electrons. The van der Waals surface area contributed by atoms with Crippen molar-refractivity contribution in [1.29, 1.82) is 5.26 Å². The zero-order valence-electron chi connectivity index (χ0n) is 17.5. The summed E-state index contributed by atoms with van der Waals surface area (Å²) in [4.78, 5) is 17.0. The first-order valence-electron chi connectivity index (χ1n) is 10.5. The van der Waals surface area contributed by atoms with Crippen LogP contribution >= 0.6 is 0 Å². The highest BCUT2D eigenvalue weighted by atomic mass is 16.5. The van der Waals surface area contributed by atoms with Crippen molar-refractivity contribution in [3.63, 3.8) is 0 Å². The summed E-state index contributed by atoms with van der Waals surface area (Å²) in [6.45, 7) is 2.48. The molecule has 9 heteroatoms. The van der Waals surface area contributed by atoms with Crippen LogP contribution < -0.4 is 5.32 Å². The lowest BCUT2D eigenvalue weighted by atomic mass is 10.1. The Labute approximate surface area is 184 Å². The van der Waals surface area contributed by atoms with Gasteiger partial charge in [-0.2, -0.15) is 10.4 Å². The van der Waals surface area contributed by atoms with E-state index in [9.17, 15) is 4.79 Å². The van der Waals surface area contributed by atoms with Crippen LogP contribution in [0.4, 0.5) is 5.69 Å². The van der Waals surface area contributed by atoms with Gasteiger partial charge in [-0.15, -0.1) is 5.10 Å². The molecule has 9 nitrogen and oxygen atoms in total. The number of amides is 1. The minimum absolute atomic E-state index is 0.124. The van der Waals surface area contributed by atoms with Gasteiger partial charge in [0.25, 0.3) is 5.91 Å². The van der Waals surface area contributed by atoms with Crippen LogP contribution in [0.1, 0.15) is 47.1 Å². The molecule has 1 N–H and O–H groups in total. The monoisotopic (exact) mass is 427 g/mol. The molecule has 1 atom stereocenters. The zero-order valence-corrected chi connectivity index (χ0v) is 17.5. The van der Waals surface area contributed by atoms with E-state index in [0.29, 0.717) is 29.2 Å². The van der Waals surface area contributed by atoms with E-state index < -0.39 is 0 Å². The number of nitrogens with zero attached hydrogens (tertiary/aromatic N) is 6. The standard InChI is InChI=1S/C23H21N7O2/c1-15-11-16(13-24)14-25-21(15)23(31)27-17-6-7-19-18(12-17)22(29-9-4-8-26-29)28-30(19)20-5-2-3-10-32-20/h4,6-9,11-12,14,20H,2-3,5,10H2,1H3,(H,27,31). The van der Waals surface area contributed by atoms with Gasteiger partial charge < -0.3 is 10.1 Å². The number of carbonyl (C=O) groups is 1. The normalized spacial score (nSPS) is 16.1. The second-order valence-electron chi connectivity index (χ2n) is 7.73. The predicted octanol–water partition coefficient (Wildman–Crippen LogP) is 3.75. The fourth-order valence-corrected chi connectivity index (χ4v) is 3.97. The lowest BCUT2D eigenvalue weighted by Crippen LogP contribution is -2.19. The molecular weight excluding hydrogens is 406 g/mol. The number of nitriles is 1. The van der Waals surface area contributed by atoms with Crippen molar-refractivity contribution in [3.05, 3.63) is 65.7 Å². The maximum Gasteiger partial charge on any atom is 0.274 e. The first-order chi connectivity index (χ1) is 15.6.